The number of nitrogens with one attached hydrogen (secondary N) is 3. The number of hydrogen-bond acceptors (Lipinski definition) is 6. The lowest BCUT2D eigenvalue weighted by Gasteiger charge is -2.30. The van der Waals surface area contributed by atoms with Crippen LogP contribution in [0.25, 0.3) is 11.3 Å². The number of fused-ring (bicyclic) bond motifs is 4. The van der Waals surface area contributed by atoms with Crippen LogP contribution in [0.5, 0.6) is 11.5 Å². The summed E-state index contributed by atoms with van der Waals surface area (Å²) in [6, 6.07) is 14.8. The van der Waals surface area contributed by atoms with E-state index < -0.39 is 17.5 Å². The van der Waals surface area contributed by atoms with Gasteiger partial charge < -0.3 is 30.0 Å². The first-order valence-electron chi connectivity index (χ1n) is 13.3. The zero-order valence-corrected chi connectivity index (χ0v) is 22.5. The van der Waals surface area contributed by atoms with Crippen molar-refractivity contribution >= 4 is 17.7 Å². The molecule has 208 valence electrons. The molecule has 1 fully saturated rings. The summed E-state index contributed by atoms with van der Waals surface area (Å²) in [5.41, 5.74) is 2.12. The van der Waals surface area contributed by atoms with Crippen LogP contribution in [0.2, 0.25) is 0 Å². The number of methoxy groups -OCH3 is 1. The van der Waals surface area contributed by atoms with E-state index in [1.54, 1.807) is 42.3 Å². The van der Waals surface area contributed by atoms with E-state index in [9.17, 15) is 19.2 Å². The summed E-state index contributed by atoms with van der Waals surface area (Å²) < 4.78 is 11.0. The third kappa shape index (κ3) is 5.70. The quantitative estimate of drug-likeness (QED) is 0.465. The van der Waals surface area contributed by atoms with Crippen LogP contribution in [-0.2, 0) is 4.79 Å². The summed E-state index contributed by atoms with van der Waals surface area (Å²) >= 11 is 0. The second-order valence-electron chi connectivity index (χ2n) is 10.0. The number of H-pyrrole nitrogens is 1. The number of aromatic nitrogens is 1. The fourth-order valence-electron chi connectivity index (χ4n) is 5.26. The number of rotatable bonds is 3. The highest BCUT2D eigenvalue weighted by Gasteiger charge is 2.39. The minimum Gasteiger partial charge on any atom is -0.497 e. The Labute approximate surface area is 231 Å². The Bertz CT molecular complexity index is 1480. The van der Waals surface area contributed by atoms with Gasteiger partial charge in [0.25, 0.3) is 17.4 Å². The summed E-state index contributed by atoms with van der Waals surface area (Å²) in [6.07, 6.45) is 1.26. The molecule has 10 heteroatoms. The van der Waals surface area contributed by atoms with E-state index in [1.165, 1.54) is 6.07 Å². The lowest BCUT2D eigenvalue weighted by atomic mass is 10.1. The van der Waals surface area contributed by atoms with Crippen molar-refractivity contribution in [2.75, 3.05) is 26.8 Å². The van der Waals surface area contributed by atoms with E-state index in [0.29, 0.717) is 35.6 Å². The van der Waals surface area contributed by atoms with Crippen LogP contribution >= 0.6 is 0 Å². The number of hydrogen-bond donors (Lipinski definition) is 3. The van der Waals surface area contributed by atoms with Crippen LogP contribution in [0.4, 0.5) is 0 Å². The highest BCUT2D eigenvalue weighted by Crippen LogP contribution is 2.29. The van der Waals surface area contributed by atoms with Gasteiger partial charge in [-0.3, -0.25) is 19.2 Å². The van der Waals surface area contributed by atoms with Crippen molar-refractivity contribution in [3.8, 4) is 22.8 Å². The largest absolute Gasteiger partial charge is 0.497 e. The summed E-state index contributed by atoms with van der Waals surface area (Å²) in [4.78, 5) is 57.0. The number of carbonyl (C=O) groups is 3. The second-order valence-corrected chi connectivity index (χ2v) is 10.0. The van der Waals surface area contributed by atoms with Crippen molar-refractivity contribution in [3.05, 3.63) is 81.6 Å². The minimum atomic E-state index is -0.522. The van der Waals surface area contributed by atoms with Crippen LogP contribution in [0.15, 0.2) is 59.4 Å². The number of amides is 3. The third-order valence-electron chi connectivity index (χ3n) is 7.45. The maximum absolute atomic E-state index is 13.8. The van der Waals surface area contributed by atoms with Crippen molar-refractivity contribution in [2.24, 2.45) is 0 Å². The Balaban J connectivity index is 1.41. The van der Waals surface area contributed by atoms with Crippen LogP contribution in [0, 0.1) is 6.92 Å². The van der Waals surface area contributed by atoms with Gasteiger partial charge in [0.05, 0.1) is 13.7 Å². The Hall–Kier alpha value is -4.60. The first kappa shape index (κ1) is 27.0. The lowest BCUT2D eigenvalue weighted by molar-refractivity contribution is -0.122. The lowest BCUT2D eigenvalue weighted by Crippen LogP contribution is -2.49. The maximum Gasteiger partial charge on any atom is 0.261 e. The molecule has 1 aromatic heterocycles. The summed E-state index contributed by atoms with van der Waals surface area (Å²) in [6.45, 7) is 2.60. The van der Waals surface area contributed by atoms with Crippen molar-refractivity contribution < 1.29 is 23.9 Å². The molecule has 5 rings (SSSR count). The van der Waals surface area contributed by atoms with E-state index in [2.05, 4.69) is 15.6 Å². The fourth-order valence-corrected chi connectivity index (χ4v) is 5.26. The number of aromatic amines is 1. The van der Waals surface area contributed by atoms with Gasteiger partial charge in [0.15, 0.2) is 0 Å². The molecule has 0 unspecified atom stereocenters. The average molecular weight is 545 g/mol. The van der Waals surface area contributed by atoms with Crippen molar-refractivity contribution in [3.63, 3.8) is 0 Å². The first-order valence-corrected chi connectivity index (χ1v) is 13.3. The number of benzene rings is 2. The molecule has 2 aliphatic heterocycles. The Morgan fingerprint density at radius 1 is 0.950 bits per heavy atom. The molecule has 2 aliphatic rings. The molecule has 2 atom stereocenters. The molecule has 3 amide bonds. The number of carbonyl (C=O) groups excluding carboxylic acids is 3. The predicted molar refractivity (Wildman–Crippen MR) is 149 cm³/mol. The van der Waals surface area contributed by atoms with Gasteiger partial charge >= 0.3 is 0 Å². The molecule has 3 heterocycles. The van der Waals surface area contributed by atoms with Crippen molar-refractivity contribution in [1.82, 2.24) is 20.5 Å². The molecule has 4 bridgehead atoms. The summed E-state index contributed by atoms with van der Waals surface area (Å²) in [7, 11) is 1.58. The van der Waals surface area contributed by atoms with E-state index in [1.807, 2.05) is 25.1 Å². The number of nitrogens with zero attached hydrogens (tertiary/aromatic N) is 1. The molecule has 2 aromatic carbocycles. The van der Waals surface area contributed by atoms with Gasteiger partial charge in [0.2, 0.25) is 5.91 Å². The summed E-state index contributed by atoms with van der Waals surface area (Å²) in [5.74, 6) is 0.304. The molecule has 1 saturated heterocycles. The zero-order chi connectivity index (χ0) is 28.2. The molecule has 3 N–H and O–H groups in total. The van der Waals surface area contributed by atoms with Gasteiger partial charge in [-0.05, 0) is 79.4 Å². The van der Waals surface area contributed by atoms with Crippen LogP contribution in [0.1, 0.15) is 45.5 Å². The Kier molecular flexibility index (Phi) is 7.86. The predicted octanol–water partition coefficient (Wildman–Crippen LogP) is 2.66. The van der Waals surface area contributed by atoms with Crippen LogP contribution < -0.4 is 25.7 Å². The standard InChI is InChI=1S/C30H32N4O6/c1-18-3-4-20-15-26(18)40-14-13-31-27(35)16-21-7-8-22(17-32-28(20)36)34(21)30(38)24-11-12-25(33-29(24)37)19-5-9-23(39-2)10-6-19/h3-6,9-12,15,21-22H,7-8,13-14,16-17H2,1-2H3,(H,31,35)(H,32,36)(H,33,37)/t21-,22+/m0/s1. The van der Waals surface area contributed by atoms with E-state index in [-0.39, 0.29) is 49.5 Å². The maximum atomic E-state index is 13.8. The number of pyridine rings is 1. The highest BCUT2D eigenvalue weighted by molar-refractivity contribution is 5.96. The van der Waals surface area contributed by atoms with Gasteiger partial charge in [0, 0.05) is 36.3 Å². The first-order chi connectivity index (χ1) is 19.3. The minimum absolute atomic E-state index is 0.0182. The monoisotopic (exact) mass is 544 g/mol. The average Bonchev–Trinajstić information content (AvgIpc) is 3.36. The normalized spacial score (nSPS) is 19.5. The van der Waals surface area contributed by atoms with Gasteiger partial charge in [-0.25, -0.2) is 0 Å². The molecule has 0 radical (unpaired) electrons. The molecule has 0 aliphatic carbocycles. The topological polar surface area (TPSA) is 130 Å². The molecule has 10 nitrogen and oxygen atoms in total. The van der Waals surface area contributed by atoms with E-state index in [4.69, 9.17) is 9.47 Å². The van der Waals surface area contributed by atoms with Gasteiger partial charge in [0.1, 0.15) is 23.7 Å². The van der Waals surface area contributed by atoms with E-state index in [0.717, 1.165) is 11.1 Å². The van der Waals surface area contributed by atoms with Crippen LogP contribution in [0.3, 0.4) is 0 Å². The zero-order valence-electron chi connectivity index (χ0n) is 22.5. The molecular weight excluding hydrogens is 512 g/mol. The second kappa shape index (κ2) is 11.6. The number of aryl methyl sites for hydroxylation is 1. The Morgan fingerprint density at radius 2 is 1.70 bits per heavy atom. The van der Waals surface area contributed by atoms with Gasteiger partial charge in [-0.15, -0.1) is 0 Å². The molecule has 0 saturated carbocycles. The van der Waals surface area contributed by atoms with Crippen molar-refractivity contribution in [1.29, 1.82) is 0 Å². The van der Waals surface area contributed by atoms with E-state index >= 15 is 0 Å². The molecule has 40 heavy (non-hydrogen) atoms. The smallest absolute Gasteiger partial charge is 0.261 e. The molecular formula is C30H32N4O6. The summed E-state index contributed by atoms with van der Waals surface area (Å²) in [5, 5.41) is 5.78. The number of ether oxygens (including phenoxy) is 2. The van der Waals surface area contributed by atoms with Crippen molar-refractivity contribution in [2.45, 2.75) is 38.3 Å². The third-order valence-corrected chi connectivity index (χ3v) is 7.45. The Morgan fingerprint density at radius 3 is 2.45 bits per heavy atom. The highest BCUT2D eigenvalue weighted by atomic mass is 16.5. The SMILES string of the molecule is COc1ccc(-c2ccc(C(=O)N3[C@@H]4CC[C@H]3CC(=O)NCCOc3cc(ccc3C)C(=O)NC4)c(=O)[nH]2)cc1. The molecule has 0 spiro atoms. The van der Waals surface area contributed by atoms with Crippen LogP contribution in [-0.4, -0.2) is 66.5 Å². The van der Waals surface area contributed by atoms with Gasteiger partial charge in [-0.2, -0.15) is 0 Å². The molecule has 3 aromatic rings. The van der Waals surface area contributed by atoms with Gasteiger partial charge in [-0.1, -0.05) is 6.07 Å². The fraction of sp³-hybridized carbons (Fsp3) is 0.333.